The lowest BCUT2D eigenvalue weighted by Crippen LogP contribution is -2.35. The minimum absolute atomic E-state index is 0.321. The van der Waals surface area contributed by atoms with Gasteiger partial charge in [-0.2, -0.15) is 0 Å². The van der Waals surface area contributed by atoms with Gasteiger partial charge in [0, 0.05) is 29.0 Å². The van der Waals surface area contributed by atoms with Gasteiger partial charge in [-0.15, -0.1) is 0 Å². The zero-order valence-corrected chi connectivity index (χ0v) is 19.5. The molecule has 0 bridgehead atoms. The van der Waals surface area contributed by atoms with E-state index in [-0.39, 0.29) is 5.25 Å². The highest BCUT2D eigenvalue weighted by atomic mass is 32.2. The van der Waals surface area contributed by atoms with Crippen molar-refractivity contribution in [3.63, 3.8) is 0 Å². The van der Waals surface area contributed by atoms with Crippen molar-refractivity contribution in [1.82, 2.24) is 20.4 Å². The van der Waals surface area contributed by atoms with Gasteiger partial charge in [0.1, 0.15) is 0 Å². The molecule has 0 amide bonds. The third-order valence-electron chi connectivity index (χ3n) is 5.98. The predicted octanol–water partition coefficient (Wildman–Crippen LogP) is 4.37. The van der Waals surface area contributed by atoms with Gasteiger partial charge in [0.25, 0.3) is 0 Å². The average Bonchev–Trinajstić information content (AvgIpc) is 3.24. The summed E-state index contributed by atoms with van der Waals surface area (Å²) in [5, 5.41) is 11.0. The smallest absolute Gasteiger partial charge is 0.227 e. The summed E-state index contributed by atoms with van der Waals surface area (Å²) < 4.78 is 31.0. The number of piperidine rings is 1. The summed E-state index contributed by atoms with van der Waals surface area (Å²) in [5.74, 6) is 0.435. The molecule has 34 heavy (non-hydrogen) atoms. The average molecular weight is 476 g/mol. The maximum absolute atomic E-state index is 12.8. The molecule has 8 nitrogen and oxygen atoms in total. The molecule has 2 N–H and O–H groups in total. The lowest BCUT2D eigenvalue weighted by Gasteiger charge is -2.22. The molecule has 3 heterocycles. The Kier molecular flexibility index (Phi) is 6.12. The molecule has 2 aromatic carbocycles. The fraction of sp³-hybridized carbons (Fsp3) is 0.240. The SMILES string of the molecule is Cc1noc2cc(/C=C/c3cnc(Nc4ccc(S(=O)(=O)C5CCNCC5)cc4)nc3)ccc12. The Hall–Kier alpha value is -3.56. The topological polar surface area (TPSA) is 110 Å². The van der Waals surface area contributed by atoms with Gasteiger partial charge in [-0.05, 0) is 74.8 Å². The van der Waals surface area contributed by atoms with E-state index in [0.29, 0.717) is 23.7 Å². The molecule has 2 aromatic heterocycles. The summed E-state index contributed by atoms with van der Waals surface area (Å²) in [5.41, 5.74) is 4.20. The summed E-state index contributed by atoms with van der Waals surface area (Å²) in [4.78, 5) is 9.07. The van der Waals surface area contributed by atoms with E-state index < -0.39 is 9.84 Å². The van der Waals surface area contributed by atoms with Gasteiger partial charge in [-0.1, -0.05) is 23.4 Å². The van der Waals surface area contributed by atoms with Crippen LogP contribution >= 0.6 is 0 Å². The molecule has 1 aliphatic heterocycles. The Labute approximate surface area is 198 Å². The van der Waals surface area contributed by atoms with Gasteiger partial charge in [0.2, 0.25) is 5.95 Å². The highest BCUT2D eigenvalue weighted by Gasteiger charge is 2.28. The first-order valence-corrected chi connectivity index (χ1v) is 12.7. The van der Waals surface area contributed by atoms with Crippen LogP contribution in [-0.2, 0) is 9.84 Å². The molecule has 0 saturated carbocycles. The van der Waals surface area contributed by atoms with Crippen molar-refractivity contribution in [3.8, 4) is 0 Å². The van der Waals surface area contributed by atoms with Crippen molar-refractivity contribution < 1.29 is 12.9 Å². The summed E-state index contributed by atoms with van der Waals surface area (Å²) in [6.07, 6.45) is 8.62. The zero-order valence-electron chi connectivity index (χ0n) is 18.7. The lowest BCUT2D eigenvalue weighted by molar-refractivity contribution is 0.450. The number of sulfone groups is 1. The second-order valence-electron chi connectivity index (χ2n) is 8.34. The van der Waals surface area contributed by atoms with Gasteiger partial charge in [-0.3, -0.25) is 0 Å². The number of aryl methyl sites for hydroxylation is 1. The van der Waals surface area contributed by atoms with E-state index in [1.165, 1.54) is 0 Å². The first kappa shape index (κ1) is 22.2. The summed E-state index contributed by atoms with van der Waals surface area (Å²) in [6.45, 7) is 3.39. The molecular weight excluding hydrogens is 450 g/mol. The van der Waals surface area contributed by atoms with Crippen LogP contribution in [0.25, 0.3) is 23.1 Å². The fourth-order valence-corrected chi connectivity index (χ4v) is 5.78. The number of anilines is 2. The van der Waals surface area contributed by atoms with Crippen LogP contribution in [0, 0.1) is 6.92 Å². The highest BCUT2D eigenvalue weighted by molar-refractivity contribution is 7.92. The Morgan fingerprint density at radius 2 is 1.71 bits per heavy atom. The summed E-state index contributed by atoms with van der Waals surface area (Å²) in [6, 6.07) is 12.7. The van der Waals surface area contributed by atoms with E-state index >= 15 is 0 Å². The molecule has 1 saturated heterocycles. The van der Waals surface area contributed by atoms with Gasteiger partial charge in [0.15, 0.2) is 15.4 Å². The Morgan fingerprint density at radius 1 is 1.00 bits per heavy atom. The van der Waals surface area contributed by atoms with E-state index in [4.69, 9.17) is 4.52 Å². The number of nitrogens with zero attached hydrogens (tertiary/aromatic N) is 3. The van der Waals surface area contributed by atoms with Gasteiger partial charge >= 0.3 is 0 Å². The molecule has 4 aromatic rings. The molecular formula is C25H25N5O3S. The van der Waals surface area contributed by atoms with E-state index in [9.17, 15) is 8.42 Å². The summed E-state index contributed by atoms with van der Waals surface area (Å²) in [7, 11) is -3.31. The number of rotatable bonds is 6. The van der Waals surface area contributed by atoms with Crippen molar-refractivity contribution in [3.05, 3.63) is 71.7 Å². The van der Waals surface area contributed by atoms with Crippen LogP contribution < -0.4 is 10.6 Å². The molecule has 0 radical (unpaired) electrons. The third kappa shape index (κ3) is 4.71. The molecule has 0 atom stereocenters. The highest BCUT2D eigenvalue weighted by Crippen LogP contribution is 2.24. The zero-order chi connectivity index (χ0) is 23.5. The number of aromatic nitrogens is 3. The first-order valence-electron chi connectivity index (χ1n) is 11.2. The van der Waals surface area contributed by atoms with Crippen LogP contribution in [0.5, 0.6) is 0 Å². The van der Waals surface area contributed by atoms with E-state index in [1.54, 1.807) is 36.7 Å². The molecule has 1 fully saturated rings. The van der Waals surface area contributed by atoms with E-state index in [1.807, 2.05) is 37.3 Å². The van der Waals surface area contributed by atoms with Crippen LogP contribution in [0.4, 0.5) is 11.6 Å². The third-order valence-corrected chi connectivity index (χ3v) is 8.26. The van der Waals surface area contributed by atoms with Crippen molar-refractivity contribution in [2.24, 2.45) is 0 Å². The Balaban J connectivity index is 1.23. The molecule has 0 unspecified atom stereocenters. The minimum Gasteiger partial charge on any atom is -0.356 e. The number of hydrogen-bond donors (Lipinski definition) is 2. The van der Waals surface area contributed by atoms with Crippen molar-refractivity contribution in [2.45, 2.75) is 29.9 Å². The second kappa shape index (κ2) is 9.36. The van der Waals surface area contributed by atoms with Gasteiger partial charge < -0.3 is 15.2 Å². The molecule has 5 rings (SSSR count). The molecule has 1 aliphatic rings. The van der Waals surface area contributed by atoms with Gasteiger partial charge in [0.05, 0.1) is 15.8 Å². The van der Waals surface area contributed by atoms with Crippen molar-refractivity contribution in [1.29, 1.82) is 0 Å². The minimum atomic E-state index is -3.31. The van der Waals surface area contributed by atoms with Crippen LogP contribution in [0.2, 0.25) is 0 Å². The molecule has 174 valence electrons. The van der Waals surface area contributed by atoms with Crippen molar-refractivity contribution in [2.75, 3.05) is 18.4 Å². The number of hydrogen-bond acceptors (Lipinski definition) is 8. The van der Waals surface area contributed by atoms with Crippen LogP contribution in [0.1, 0.15) is 29.7 Å². The number of nitrogens with one attached hydrogen (secondary N) is 2. The first-order chi connectivity index (χ1) is 16.5. The fourth-order valence-electron chi connectivity index (χ4n) is 4.02. The van der Waals surface area contributed by atoms with Crippen LogP contribution in [0.3, 0.4) is 0 Å². The number of benzene rings is 2. The Morgan fingerprint density at radius 3 is 2.44 bits per heavy atom. The van der Waals surface area contributed by atoms with Gasteiger partial charge in [-0.25, -0.2) is 18.4 Å². The summed E-state index contributed by atoms with van der Waals surface area (Å²) >= 11 is 0. The quantitative estimate of drug-likeness (QED) is 0.423. The number of fused-ring (bicyclic) bond motifs is 1. The lowest BCUT2D eigenvalue weighted by atomic mass is 10.1. The largest absolute Gasteiger partial charge is 0.356 e. The second-order valence-corrected chi connectivity index (χ2v) is 10.6. The molecule has 0 spiro atoms. The maximum Gasteiger partial charge on any atom is 0.227 e. The molecule has 0 aliphatic carbocycles. The maximum atomic E-state index is 12.8. The van der Waals surface area contributed by atoms with Crippen LogP contribution in [-0.4, -0.2) is 41.9 Å². The van der Waals surface area contributed by atoms with Crippen LogP contribution in [0.15, 0.2) is 64.3 Å². The van der Waals surface area contributed by atoms with E-state index in [0.717, 1.165) is 46.6 Å². The Bertz CT molecular complexity index is 1420. The monoisotopic (exact) mass is 475 g/mol. The van der Waals surface area contributed by atoms with E-state index in [2.05, 4.69) is 25.8 Å². The normalized spacial score (nSPS) is 15.2. The predicted molar refractivity (Wildman–Crippen MR) is 133 cm³/mol. The van der Waals surface area contributed by atoms with Crippen molar-refractivity contribution >= 4 is 44.6 Å². The molecule has 9 heteroatoms. The standard InChI is InChI=1S/C25H25N5O3S/c1-17-23-9-4-18(14-24(23)33-30-17)2-3-19-15-27-25(28-16-19)29-20-5-7-21(8-6-20)34(31,32)22-10-12-26-13-11-22/h2-9,14-16,22,26H,10-13H2,1H3,(H,27,28,29)/b3-2+.